The molecule has 1 aliphatic carbocycles. The van der Waals surface area contributed by atoms with E-state index in [2.05, 4.69) is 22.5 Å². The largest absolute Gasteiger partial charge is 0.352 e. The molecule has 0 aromatic heterocycles. The number of hydrogen-bond acceptors (Lipinski definition) is 3. The van der Waals surface area contributed by atoms with Crippen molar-refractivity contribution in [2.75, 3.05) is 32.7 Å². The van der Waals surface area contributed by atoms with Crippen LogP contribution in [0.25, 0.3) is 0 Å². The van der Waals surface area contributed by atoms with Crippen molar-refractivity contribution in [3.05, 3.63) is 0 Å². The van der Waals surface area contributed by atoms with Gasteiger partial charge in [0.25, 0.3) is 0 Å². The van der Waals surface area contributed by atoms with Gasteiger partial charge >= 0.3 is 0 Å². The van der Waals surface area contributed by atoms with Gasteiger partial charge in [0.2, 0.25) is 5.91 Å². The quantitative estimate of drug-likeness (QED) is 0.738. The number of hydrogen-bond donors (Lipinski definition) is 2. The predicted molar refractivity (Wildman–Crippen MR) is 87.3 cm³/mol. The van der Waals surface area contributed by atoms with E-state index in [0.29, 0.717) is 18.5 Å². The lowest BCUT2D eigenvalue weighted by Gasteiger charge is -2.32. The average molecular weight is 295 g/mol. The van der Waals surface area contributed by atoms with E-state index in [4.69, 9.17) is 0 Å². The van der Waals surface area contributed by atoms with Gasteiger partial charge < -0.3 is 10.6 Å². The molecule has 21 heavy (non-hydrogen) atoms. The molecule has 1 unspecified atom stereocenters. The van der Waals surface area contributed by atoms with Crippen LogP contribution in [0.15, 0.2) is 0 Å². The van der Waals surface area contributed by atoms with E-state index in [0.717, 1.165) is 26.2 Å². The van der Waals surface area contributed by atoms with E-state index in [-0.39, 0.29) is 5.91 Å². The number of piperidine rings is 1. The Morgan fingerprint density at radius 1 is 1.10 bits per heavy atom. The van der Waals surface area contributed by atoms with E-state index in [9.17, 15) is 4.79 Å². The molecular formula is C17H33N3O. The van der Waals surface area contributed by atoms with Crippen molar-refractivity contribution >= 4 is 5.91 Å². The first-order valence-corrected chi connectivity index (χ1v) is 9.00. The Labute approximate surface area is 130 Å². The van der Waals surface area contributed by atoms with E-state index >= 15 is 0 Å². The van der Waals surface area contributed by atoms with E-state index in [1.165, 1.54) is 51.4 Å². The van der Waals surface area contributed by atoms with Crippen molar-refractivity contribution in [3.8, 4) is 0 Å². The number of rotatable bonds is 6. The molecule has 1 saturated carbocycles. The van der Waals surface area contributed by atoms with Gasteiger partial charge in [0, 0.05) is 12.6 Å². The first kappa shape index (κ1) is 16.8. The number of carbonyl (C=O) groups excluding carboxylic acids is 1. The van der Waals surface area contributed by atoms with E-state index in [1.807, 2.05) is 0 Å². The van der Waals surface area contributed by atoms with E-state index < -0.39 is 0 Å². The highest BCUT2D eigenvalue weighted by Crippen LogP contribution is 2.18. The molecular weight excluding hydrogens is 262 g/mol. The van der Waals surface area contributed by atoms with Crippen LogP contribution in [0.2, 0.25) is 0 Å². The minimum atomic E-state index is 0.242. The summed E-state index contributed by atoms with van der Waals surface area (Å²) in [5, 5.41) is 6.71. The van der Waals surface area contributed by atoms with Gasteiger partial charge in [-0.15, -0.1) is 0 Å². The minimum absolute atomic E-state index is 0.242. The van der Waals surface area contributed by atoms with Crippen LogP contribution < -0.4 is 10.6 Å². The van der Waals surface area contributed by atoms with Crippen molar-refractivity contribution in [1.82, 2.24) is 15.5 Å². The lowest BCUT2D eigenvalue weighted by Crippen LogP contribution is -2.46. The van der Waals surface area contributed by atoms with Gasteiger partial charge in [0.05, 0.1) is 6.54 Å². The summed E-state index contributed by atoms with van der Waals surface area (Å²) in [4.78, 5) is 14.6. The van der Waals surface area contributed by atoms with Gasteiger partial charge in [-0.25, -0.2) is 0 Å². The van der Waals surface area contributed by atoms with Gasteiger partial charge in [-0.05, 0) is 51.2 Å². The molecule has 0 bridgehead atoms. The van der Waals surface area contributed by atoms with Crippen molar-refractivity contribution in [2.24, 2.45) is 5.92 Å². The number of nitrogens with zero attached hydrogens (tertiary/aromatic N) is 1. The summed E-state index contributed by atoms with van der Waals surface area (Å²) in [6.07, 6.45) is 10.1. The summed E-state index contributed by atoms with van der Waals surface area (Å²) < 4.78 is 0. The van der Waals surface area contributed by atoms with Gasteiger partial charge in [0.1, 0.15) is 0 Å². The highest BCUT2D eigenvalue weighted by atomic mass is 16.2. The molecule has 4 heteroatoms. The molecule has 1 amide bonds. The van der Waals surface area contributed by atoms with Crippen molar-refractivity contribution in [2.45, 2.75) is 64.3 Å². The van der Waals surface area contributed by atoms with Crippen LogP contribution in [-0.2, 0) is 4.79 Å². The maximum Gasteiger partial charge on any atom is 0.234 e. The molecule has 1 saturated heterocycles. The third-order valence-electron chi connectivity index (χ3n) is 4.87. The Balaban J connectivity index is 1.68. The molecule has 1 aliphatic heterocycles. The summed E-state index contributed by atoms with van der Waals surface area (Å²) in [6, 6.07) is 0.433. The van der Waals surface area contributed by atoms with Gasteiger partial charge in [-0.1, -0.05) is 32.6 Å². The molecule has 1 heterocycles. The predicted octanol–water partition coefficient (Wildman–Crippen LogP) is 2.15. The third-order valence-corrected chi connectivity index (χ3v) is 4.87. The number of likely N-dealkylation sites (tertiary alicyclic amines) is 1. The molecule has 2 fully saturated rings. The van der Waals surface area contributed by atoms with Gasteiger partial charge in [-0.3, -0.25) is 9.69 Å². The van der Waals surface area contributed by atoms with Crippen LogP contribution in [0.4, 0.5) is 0 Å². The number of carbonyl (C=O) groups is 1. The Bertz CT molecular complexity index is 300. The van der Waals surface area contributed by atoms with Crippen LogP contribution in [0.1, 0.15) is 58.3 Å². The summed E-state index contributed by atoms with van der Waals surface area (Å²) >= 11 is 0. The van der Waals surface area contributed by atoms with Crippen LogP contribution >= 0.6 is 0 Å². The highest BCUT2D eigenvalue weighted by Gasteiger charge is 2.22. The zero-order chi connectivity index (χ0) is 14.9. The lowest BCUT2D eigenvalue weighted by molar-refractivity contribution is -0.123. The second-order valence-electron chi connectivity index (χ2n) is 6.81. The Hall–Kier alpha value is -0.610. The molecule has 2 N–H and O–H groups in total. The normalized spacial score (nSPS) is 25.5. The summed E-state index contributed by atoms with van der Waals surface area (Å²) in [5.41, 5.74) is 0. The van der Waals surface area contributed by atoms with E-state index in [1.54, 1.807) is 0 Å². The van der Waals surface area contributed by atoms with Crippen LogP contribution in [0.3, 0.4) is 0 Å². The first-order valence-electron chi connectivity index (χ1n) is 9.00. The summed E-state index contributed by atoms with van der Waals surface area (Å²) in [5.74, 6) is 0.954. The summed E-state index contributed by atoms with van der Waals surface area (Å²) in [6.45, 7) is 7.04. The summed E-state index contributed by atoms with van der Waals surface area (Å²) in [7, 11) is 0. The molecule has 0 aromatic rings. The molecule has 4 nitrogen and oxygen atoms in total. The lowest BCUT2D eigenvalue weighted by atomic mass is 9.98. The molecule has 0 radical (unpaired) electrons. The topological polar surface area (TPSA) is 44.4 Å². The highest BCUT2D eigenvalue weighted by molar-refractivity contribution is 5.78. The fraction of sp³-hybridized carbons (Fsp3) is 0.941. The molecule has 0 spiro atoms. The van der Waals surface area contributed by atoms with Crippen LogP contribution in [0, 0.1) is 5.92 Å². The Kier molecular flexibility index (Phi) is 7.51. The monoisotopic (exact) mass is 295 g/mol. The number of amides is 1. The maximum absolute atomic E-state index is 12.2. The fourth-order valence-corrected chi connectivity index (χ4v) is 3.71. The Morgan fingerprint density at radius 2 is 1.86 bits per heavy atom. The fourth-order valence-electron chi connectivity index (χ4n) is 3.71. The van der Waals surface area contributed by atoms with Crippen molar-refractivity contribution in [3.63, 3.8) is 0 Å². The molecule has 2 aliphatic rings. The number of nitrogens with one attached hydrogen (secondary N) is 2. The molecule has 0 aromatic carbocycles. The average Bonchev–Trinajstić information content (AvgIpc) is 2.74. The second-order valence-corrected chi connectivity index (χ2v) is 6.81. The van der Waals surface area contributed by atoms with Crippen molar-refractivity contribution in [1.29, 1.82) is 0 Å². The molecule has 2 rings (SSSR count). The second kappa shape index (κ2) is 9.42. The van der Waals surface area contributed by atoms with Crippen LogP contribution in [0.5, 0.6) is 0 Å². The smallest absolute Gasteiger partial charge is 0.234 e. The maximum atomic E-state index is 12.2. The molecule has 1 atom stereocenters. The van der Waals surface area contributed by atoms with Gasteiger partial charge in [-0.2, -0.15) is 0 Å². The first-order chi connectivity index (χ1) is 10.3. The Morgan fingerprint density at radius 3 is 2.57 bits per heavy atom. The third kappa shape index (κ3) is 6.35. The zero-order valence-corrected chi connectivity index (χ0v) is 13.7. The van der Waals surface area contributed by atoms with Crippen LogP contribution in [-0.4, -0.2) is 49.6 Å². The van der Waals surface area contributed by atoms with Gasteiger partial charge in [0.15, 0.2) is 0 Å². The zero-order valence-electron chi connectivity index (χ0n) is 13.7. The van der Waals surface area contributed by atoms with Crippen molar-refractivity contribution < 1.29 is 4.79 Å². The minimum Gasteiger partial charge on any atom is -0.352 e. The standard InChI is InChI=1S/C17H33N3O/c1-2-18-12-15-8-7-11-20(13-15)14-17(21)19-16-9-5-3-4-6-10-16/h15-16,18H,2-14H2,1H3,(H,19,21). The molecule has 122 valence electrons. The SMILES string of the molecule is CCNCC1CCCN(CC(=O)NC2CCCCCC2)C1.